The van der Waals surface area contributed by atoms with E-state index in [9.17, 15) is 17.6 Å². The van der Waals surface area contributed by atoms with Crippen LogP contribution in [0.3, 0.4) is 0 Å². The minimum absolute atomic E-state index is 0.189. The van der Waals surface area contributed by atoms with Gasteiger partial charge >= 0.3 is 0 Å². The molecule has 0 fully saturated rings. The fraction of sp³-hybridized carbons (Fsp3) is 0.143. The summed E-state index contributed by atoms with van der Waals surface area (Å²) < 4.78 is 39.3. The number of hydrogen-bond acceptors (Lipinski definition) is 4. The molecule has 1 aromatic heterocycles. The van der Waals surface area contributed by atoms with Crippen molar-refractivity contribution in [3.8, 4) is 11.1 Å². The van der Waals surface area contributed by atoms with Crippen molar-refractivity contribution in [1.82, 2.24) is 9.71 Å². The third kappa shape index (κ3) is 5.62. The third-order valence-corrected chi connectivity index (χ3v) is 5.09. The van der Waals surface area contributed by atoms with Gasteiger partial charge in [0.25, 0.3) is 0 Å². The molecular formula is C21H18ClFN2O3S. The van der Waals surface area contributed by atoms with E-state index >= 15 is 0 Å². The molecule has 8 heteroatoms. The number of rotatable bonds is 6. The number of carbonyl (C=O) groups excluding carboxylic acids is 1. The number of pyridine rings is 1. The van der Waals surface area contributed by atoms with Gasteiger partial charge in [-0.15, -0.1) is 0 Å². The zero-order valence-corrected chi connectivity index (χ0v) is 17.0. The van der Waals surface area contributed by atoms with Crippen LogP contribution in [0.25, 0.3) is 11.1 Å². The fourth-order valence-corrected chi connectivity index (χ4v) is 3.68. The fourth-order valence-electron chi connectivity index (χ4n) is 3.00. The number of aromatic nitrogens is 1. The van der Waals surface area contributed by atoms with Crippen LogP contribution >= 0.6 is 11.6 Å². The highest BCUT2D eigenvalue weighted by Crippen LogP contribution is 2.28. The number of nitrogens with one attached hydrogen (secondary N) is 1. The van der Waals surface area contributed by atoms with E-state index in [-0.39, 0.29) is 6.42 Å². The first-order chi connectivity index (χ1) is 13.7. The van der Waals surface area contributed by atoms with E-state index in [1.807, 2.05) is 4.72 Å². The second-order valence-electron chi connectivity index (χ2n) is 6.61. The molecule has 0 aliphatic heterocycles. The summed E-state index contributed by atoms with van der Waals surface area (Å²) in [6.07, 6.45) is 4.19. The van der Waals surface area contributed by atoms with E-state index in [1.54, 1.807) is 42.6 Å². The molecule has 2 aromatic carbocycles. The number of benzene rings is 2. The van der Waals surface area contributed by atoms with Crippen LogP contribution in [0.15, 0.2) is 67.0 Å². The first-order valence-corrected chi connectivity index (χ1v) is 11.0. The maximum absolute atomic E-state index is 14.2. The monoisotopic (exact) mass is 432 g/mol. The Bertz CT molecular complexity index is 1140. The van der Waals surface area contributed by atoms with Gasteiger partial charge in [0.2, 0.25) is 15.9 Å². The highest BCUT2D eigenvalue weighted by atomic mass is 35.5. The Labute approximate surface area is 173 Å². The van der Waals surface area contributed by atoms with Crippen LogP contribution in [0.4, 0.5) is 4.39 Å². The summed E-state index contributed by atoms with van der Waals surface area (Å²) in [5.41, 5.74) is 2.12. The summed E-state index contributed by atoms with van der Waals surface area (Å²) in [7, 11) is -3.71. The molecule has 0 saturated heterocycles. The van der Waals surface area contributed by atoms with E-state index in [0.717, 1.165) is 6.26 Å². The second-order valence-corrected chi connectivity index (χ2v) is 8.80. The number of nitrogens with zero attached hydrogens (tertiary/aromatic N) is 1. The predicted molar refractivity (Wildman–Crippen MR) is 111 cm³/mol. The predicted octanol–water partition coefficient (Wildman–Crippen LogP) is 3.94. The molecule has 3 rings (SSSR count). The van der Waals surface area contributed by atoms with Crippen LogP contribution in [0, 0.1) is 5.82 Å². The van der Waals surface area contributed by atoms with Crippen LogP contribution in [-0.4, -0.2) is 25.6 Å². The summed E-state index contributed by atoms with van der Waals surface area (Å²) in [5.74, 6) is -1.84. The molecule has 1 heterocycles. The Hall–Kier alpha value is -2.77. The van der Waals surface area contributed by atoms with Crippen molar-refractivity contribution in [3.63, 3.8) is 0 Å². The first-order valence-electron chi connectivity index (χ1n) is 8.69. The van der Waals surface area contributed by atoms with E-state index in [1.165, 1.54) is 24.4 Å². The van der Waals surface area contributed by atoms with Crippen LogP contribution < -0.4 is 4.72 Å². The van der Waals surface area contributed by atoms with Gasteiger partial charge in [-0.3, -0.25) is 14.5 Å². The van der Waals surface area contributed by atoms with E-state index < -0.39 is 27.7 Å². The Morgan fingerprint density at radius 2 is 1.86 bits per heavy atom. The van der Waals surface area contributed by atoms with Crippen LogP contribution in [0.5, 0.6) is 0 Å². The lowest BCUT2D eigenvalue weighted by atomic mass is 9.91. The van der Waals surface area contributed by atoms with Crippen LogP contribution in [-0.2, 0) is 21.2 Å². The lowest BCUT2D eigenvalue weighted by Gasteiger charge is -2.17. The highest BCUT2D eigenvalue weighted by Gasteiger charge is 2.24. The van der Waals surface area contributed by atoms with Crippen molar-refractivity contribution in [3.05, 3.63) is 89.0 Å². The summed E-state index contributed by atoms with van der Waals surface area (Å²) in [4.78, 5) is 16.8. The Kier molecular flexibility index (Phi) is 6.30. The summed E-state index contributed by atoms with van der Waals surface area (Å²) >= 11 is 5.98. The van der Waals surface area contributed by atoms with Gasteiger partial charge in [-0.25, -0.2) is 12.8 Å². The maximum atomic E-state index is 14.2. The molecule has 1 N–H and O–H groups in total. The first kappa shape index (κ1) is 21.0. The molecule has 3 aromatic rings. The van der Waals surface area contributed by atoms with Crippen LogP contribution in [0.2, 0.25) is 5.02 Å². The standard InChI is InChI=1S/C21H18ClFN2O3S/c1-29(27,28)25-21(26)19(15-5-3-2-4-6-15)10-14-9-16(13-24-12-14)18-11-17(22)7-8-20(18)23/h2-9,11-13,19H,10H2,1H3,(H,25,26). The van der Waals surface area contributed by atoms with Crippen molar-refractivity contribution in [2.45, 2.75) is 12.3 Å². The van der Waals surface area contributed by atoms with Crippen molar-refractivity contribution >= 4 is 27.5 Å². The minimum Gasteiger partial charge on any atom is -0.273 e. The molecule has 150 valence electrons. The zero-order valence-electron chi connectivity index (χ0n) is 15.5. The Morgan fingerprint density at radius 3 is 2.55 bits per heavy atom. The molecular weight excluding hydrogens is 415 g/mol. The molecule has 29 heavy (non-hydrogen) atoms. The maximum Gasteiger partial charge on any atom is 0.241 e. The molecule has 0 aliphatic carbocycles. The van der Waals surface area contributed by atoms with E-state index in [4.69, 9.17) is 11.6 Å². The zero-order chi connectivity index (χ0) is 21.0. The molecule has 0 aliphatic rings. The van der Waals surface area contributed by atoms with Crippen LogP contribution in [0.1, 0.15) is 17.0 Å². The average Bonchev–Trinajstić information content (AvgIpc) is 2.67. The smallest absolute Gasteiger partial charge is 0.241 e. The molecule has 1 unspecified atom stereocenters. The lowest BCUT2D eigenvalue weighted by Crippen LogP contribution is -2.34. The minimum atomic E-state index is -3.71. The lowest BCUT2D eigenvalue weighted by molar-refractivity contribution is -0.120. The second kappa shape index (κ2) is 8.71. The molecule has 5 nitrogen and oxygen atoms in total. The van der Waals surface area contributed by atoms with Gasteiger partial charge in [0, 0.05) is 28.5 Å². The number of sulfonamides is 1. The van der Waals surface area contributed by atoms with Gasteiger partial charge in [0.15, 0.2) is 0 Å². The molecule has 0 bridgehead atoms. The number of amides is 1. The Balaban J connectivity index is 1.96. The molecule has 1 amide bonds. The molecule has 0 spiro atoms. The number of carbonyl (C=O) groups is 1. The summed E-state index contributed by atoms with van der Waals surface area (Å²) in [6.45, 7) is 0. The number of halogens is 2. The summed E-state index contributed by atoms with van der Waals surface area (Å²) in [5, 5.41) is 0.390. The Morgan fingerprint density at radius 1 is 1.14 bits per heavy atom. The van der Waals surface area contributed by atoms with Gasteiger partial charge in [-0.2, -0.15) is 0 Å². The average molecular weight is 433 g/mol. The molecule has 0 saturated carbocycles. The molecule has 1 atom stereocenters. The van der Waals surface area contributed by atoms with Crippen molar-refractivity contribution in [1.29, 1.82) is 0 Å². The van der Waals surface area contributed by atoms with E-state index in [2.05, 4.69) is 4.98 Å². The normalized spacial score (nSPS) is 12.4. The highest BCUT2D eigenvalue weighted by molar-refractivity contribution is 7.89. The van der Waals surface area contributed by atoms with Gasteiger partial charge in [-0.1, -0.05) is 41.9 Å². The summed E-state index contributed by atoms with van der Waals surface area (Å²) in [6, 6.07) is 14.8. The van der Waals surface area contributed by atoms with Gasteiger partial charge in [0.1, 0.15) is 5.82 Å². The van der Waals surface area contributed by atoms with Crippen molar-refractivity contribution < 1.29 is 17.6 Å². The van der Waals surface area contributed by atoms with E-state index in [0.29, 0.717) is 27.3 Å². The number of hydrogen-bond donors (Lipinski definition) is 1. The van der Waals surface area contributed by atoms with Gasteiger partial charge in [0.05, 0.1) is 12.2 Å². The van der Waals surface area contributed by atoms with Gasteiger partial charge < -0.3 is 0 Å². The van der Waals surface area contributed by atoms with Gasteiger partial charge in [-0.05, 0) is 41.8 Å². The topological polar surface area (TPSA) is 76.1 Å². The molecule has 0 radical (unpaired) electrons. The quantitative estimate of drug-likeness (QED) is 0.640. The largest absolute Gasteiger partial charge is 0.273 e. The third-order valence-electron chi connectivity index (χ3n) is 4.28. The van der Waals surface area contributed by atoms with Crippen molar-refractivity contribution in [2.24, 2.45) is 0 Å². The SMILES string of the molecule is CS(=O)(=O)NC(=O)C(Cc1cncc(-c2cc(Cl)ccc2F)c1)c1ccccc1. The van der Waals surface area contributed by atoms with Crippen molar-refractivity contribution in [2.75, 3.05) is 6.26 Å².